The van der Waals surface area contributed by atoms with Crippen molar-refractivity contribution in [3.05, 3.63) is 59.3 Å². The summed E-state index contributed by atoms with van der Waals surface area (Å²) in [6.45, 7) is 0. The van der Waals surface area contributed by atoms with E-state index in [2.05, 4.69) is 11.1 Å². The number of carboxylic acid groups (broad SMARTS) is 1. The lowest BCUT2D eigenvalue weighted by Gasteiger charge is -2.02. The maximum Gasteiger partial charge on any atom is 0.337 e. The second kappa shape index (κ2) is 6.03. The molecule has 0 bridgehead atoms. The fourth-order valence-electron chi connectivity index (χ4n) is 1.48. The Morgan fingerprint density at radius 3 is 2.84 bits per heavy atom. The van der Waals surface area contributed by atoms with Crippen molar-refractivity contribution in [2.24, 2.45) is 0 Å². The molecule has 0 atom stereocenters. The van der Waals surface area contributed by atoms with E-state index in [0.29, 0.717) is 11.3 Å². The summed E-state index contributed by atoms with van der Waals surface area (Å²) in [5.41, 5.74) is 1.84. The first-order valence-electron chi connectivity index (χ1n) is 5.50. The Labute approximate surface area is 114 Å². The van der Waals surface area contributed by atoms with Crippen LogP contribution >= 0.6 is 11.8 Å². The average molecular weight is 270 g/mol. The molecule has 0 radical (unpaired) electrons. The van der Waals surface area contributed by atoms with Gasteiger partial charge in [0.05, 0.1) is 22.2 Å². The Morgan fingerprint density at radius 2 is 2.21 bits per heavy atom. The lowest BCUT2D eigenvalue weighted by molar-refractivity contribution is 0.0696. The smallest absolute Gasteiger partial charge is 0.337 e. The number of benzene rings is 1. The quantitative estimate of drug-likeness (QED) is 0.864. The zero-order valence-corrected chi connectivity index (χ0v) is 10.7. The van der Waals surface area contributed by atoms with Gasteiger partial charge in [-0.15, -0.1) is 11.8 Å². The molecule has 19 heavy (non-hydrogen) atoms. The number of hydrogen-bond acceptors (Lipinski definition) is 4. The van der Waals surface area contributed by atoms with E-state index in [-0.39, 0.29) is 5.56 Å². The van der Waals surface area contributed by atoms with Gasteiger partial charge in [0.15, 0.2) is 0 Å². The Hall–Kier alpha value is -2.32. The Kier molecular flexibility index (Phi) is 4.16. The first kappa shape index (κ1) is 13.1. The average Bonchev–Trinajstić information content (AvgIpc) is 2.46. The molecule has 1 heterocycles. The van der Waals surface area contributed by atoms with Crippen LogP contribution in [0.1, 0.15) is 21.5 Å². The number of pyridine rings is 1. The molecule has 2 rings (SSSR count). The van der Waals surface area contributed by atoms with Crippen molar-refractivity contribution >= 4 is 17.7 Å². The van der Waals surface area contributed by atoms with E-state index in [1.807, 2.05) is 18.2 Å². The number of rotatable bonds is 4. The van der Waals surface area contributed by atoms with Crippen LogP contribution in [0, 0.1) is 11.3 Å². The van der Waals surface area contributed by atoms with Gasteiger partial charge in [-0.3, -0.25) is 0 Å². The fourth-order valence-corrected chi connectivity index (χ4v) is 2.27. The van der Waals surface area contributed by atoms with E-state index in [0.717, 1.165) is 10.6 Å². The number of nitriles is 1. The predicted molar refractivity (Wildman–Crippen MR) is 71.9 cm³/mol. The number of aromatic carboxylic acids is 1. The molecule has 5 heteroatoms. The standard InChI is InChI=1S/C14H10N2O2S/c15-7-10-2-1-3-11(6-10)9-19-13-5-4-12(8-16-13)14(17)18/h1-6,8H,9H2,(H,17,18). The van der Waals surface area contributed by atoms with Gasteiger partial charge in [-0.1, -0.05) is 12.1 Å². The summed E-state index contributed by atoms with van der Waals surface area (Å²) in [6.07, 6.45) is 1.34. The first-order valence-corrected chi connectivity index (χ1v) is 6.49. The monoisotopic (exact) mass is 270 g/mol. The van der Waals surface area contributed by atoms with E-state index in [1.165, 1.54) is 24.0 Å². The van der Waals surface area contributed by atoms with Crippen LogP contribution in [0.3, 0.4) is 0 Å². The maximum atomic E-state index is 10.7. The SMILES string of the molecule is N#Cc1cccc(CSc2ccc(C(=O)O)cn2)c1. The Balaban J connectivity index is 2.02. The normalized spacial score (nSPS) is 9.84. The first-order chi connectivity index (χ1) is 9.19. The van der Waals surface area contributed by atoms with Crippen molar-refractivity contribution in [1.82, 2.24) is 4.98 Å². The topological polar surface area (TPSA) is 74.0 Å². The number of carboxylic acids is 1. The lowest BCUT2D eigenvalue weighted by Crippen LogP contribution is -1.96. The molecule has 0 aliphatic carbocycles. The maximum absolute atomic E-state index is 10.7. The summed E-state index contributed by atoms with van der Waals surface area (Å²) in [6, 6.07) is 12.7. The van der Waals surface area contributed by atoms with Crippen molar-refractivity contribution in [1.29, 1.82) is 5.26 Å². The summed E-state index contributed by atoms with van der Waals surface area (Å²) < 4.78 is 0. The summed E-state index contributed by atoms with van der Waals surface area (Å²) in [5, 5.41) is 18.3. The highest BCUT2D eigenvalue weighted by Gasteiger charge is 2.03. The third-order valence-electron chi connectivity index (χ3n) is 2.43. The minimum absolute atomic E-state index is 0.177. The van der Waals surface area contributed by atoms with Crippen LogP contribution in [0.2, 0.25) is 0 Å². The van der Waals surface area contributed by atoms with Crippen molar-refractivity contribution in [2.45, 2.75) is 10.8 Å². The van der Waals surface area contributed by atoms with Crippen LogP contribution in [-0.4, -0.2) is 16.1 Å². The fraction of sp³-hybridized carbons (Fsp3) is 0.0714. The Morgan fingerprint density at radius 1 is 1.37 bits per heavy atom. The van der Waals surface area contributed by atoms with Gasteiger partial charge in [-0.25, -0.2) is 9.78 Å². The van der Waals surface area contributed by atoms with Crippen LogP contribution in [0.5, 0.6) is 0 Å². The summed E-state index contributed by atoms with van der Waals surface area (Å²) in [7, 11) is 0. The molecule has 2 aromatic rings. The molecular formula is C14H10N2O2S. The minimum Gasteiger partial charge on any atom is -0.478 e. The van der Waals surface area contributed by atoms with Gasteiger partial charge < -0.3 is 5.11 Å². The van der Waals surface area contributed by atoms with Crippen LogP contribution in [-0.2, 0) is 5.75 Å². The molecular weight excluding hydrogens is 260 g/mol. The van der Waals surface area contributed by atoms with Crippen LogP contribution in [0.15, 0.2) is 47.6 Å². The van der Waals surface area contributed by atoms with E-state index in [9.17, 15) is 4.79 Å². The van der Waals surface area contributed by atoms with Crippen LogP contribution in [0.4, 0.5) is 0 Å². The van der Waals surface area contributed by atoms with E-state index < -0.39 is 5.97 Å². The zero-order valence-electron chi connectivity index (χ0n) is 9.91. The van der Waals surface area contributed by atoms with Crippen molar-refractivity contribution < 1.29 is 9.90 Å². The molecule has 4 nitrogen and oxygen atoms in total. The largest absolute Gasteiger partial charge is 0.478 e. The number of thioether (sulfide) groups is 1. The van der Waals surface area contributed by atoms with Gasteiger partial charge in [-0.05, 0) is 29.8 Å². The molecule has 94 valence electrons. The van der Waals surface area contributed by atoms with Gasteiger partial charge in [0, 0.05) is 11.9 Å². The molecule has 0 fully saturated rings. The van der Waals surface area contributed by atoms with Gasteiger partial charge in [0.2, 0.25) is 0 Å². The highest BCUT2D eigenvalue weighted by Crippen LogP contribution is 2.21. The number of carbonyl (C=O) groups is 1. The van der Waals surface area contributed by atoms with E-state index >= 15 is 0 Å². The van der Waals surface area contributed by atoms with Crippen LogP contribution in [0.25, 0.3) is 0 Å². The van der Waals surface area contributed by atoms with Gasteiger partial charge in [-0.2, -0.15) is 5.26 Å². The molecule has 0 saturated carbocycles. The van der Waals surface area contributed by atoms with Gasteiger partial charge in [0.1, 0.15) is 0 Å². The van der Waals surface area contributed by atoms with Gasteiger partial charge >= 0.3 is 5.97 Å². The van der Waals surface area contributed by atoms with E-state index in [1.54, 1.807) is 12.1 Å². The predicted octanol–water partition coefficient (Wildman–Crippen LogP) is 2.94. The number of aromatic nitrogens is 1. The number of nitrogens with zero attached hydrogens (tertiary/aromatic N) is 2. The van der Waals surface area contributed by atoms with Crippen molar-refractivity contribution in [2.75, 3.05) is 0 Å². The third kappa shape index (κ3) is 3.57. The molecule has 1 aromatic heterocycles. The highest BCUT2D eigenvalue weighted by atomic mass is 32.2. The van der Waals surface area contributed by atoms with Crippen molar-refractivity contribution in [3.63, 3.8) is 0 Å². The highest BCUT2D eigenvalue weighted by molar-refractivity contribution is 7.98. The van der Waals surface area contributed by atoms with Gasteiger partial charge in [0.25, 0.3) is 0 Å². The summed E-state index contributed by atoms with van der Waals surface area (Å²) in [5.74, 6) is -0.291. The molecule has 1 N–H and O–H groups in total. The van der Waals surface area contributed by atoms with Crippen molar-refractivity contribution in [3.8, 4) is 6.07 Å². The van der Waals surface area contributed by atoms with Crippen LogP contribution < -0.4 is 0 Å². The summed E-state index contributed by atoms with van der Waals surface area (Å²) >= 11 is 1.50. The molecule has 1 aromatic carbocycles. The molecule has 0 amide bonds. The molecule has 0 saturated heterocycles. The molecule has 0 aliphatic rings. The zero-order chi connectivity index (χ0) is 13.7. The second-order valence-corrected chi connectivity index (χ2v) is 4.79. The van der Waals surface area contributed by atoms with E-state index in [4.69, 9.17) is 10.4 Å². The number of hydrogen-bond donors (Lipinski definition) is 1. The second-order valence-electron chi connectivity index (χ2n) is 3.79. The molecule has 0 spiro atoms. The Bertz CT molecular complexity index is 633. The third-order valence-corrected chi connectivity index (χ3v) is 3.44. The lowest BCUT2D eigenvalue weighted by atomic mass is 10.2. The molecule has 0 unspecified atom stereocenters. The summed E-state index contributed by atoms with van der Waals surface area (Å²) in [4.78, 5) is 14.8. The minimum atomic E-state index is -0.981. The molecule has 0 aliphatic heterocycles.